The van der Waals surface area contributed by atoms with Crippen LogP contribution in [0, 0.1) is 17.1 Å². The lowest BCUT2D eigenvalue weighted by Gasteiger charge is -2.07. The van der Waals surface area contributed by atoms with Gasteiger partial charge in [0.1, 0.15) is 22.3 Å². The van der Waals surface area contributed by atoms with Gasteiger partial charge in [-0.1, -0.05) is 6.07 Å². The summed E-state index contributed by atoms with van der Waals surface area (Å²) in [5.74, 6) is -1.02. The van der Waals surface area contributed by atoms with E-state index >= 15 is 0 Å². The molecular formula is C9H7F3N2O2S. The van der Waals surface area contributed by atoms with E-state index in [0.29, 0.717) is 0 Å². The zero-order valence-corrected chi connectivity index (χ0v) is 9.14. The van der Waals surface area contributed by atoms with Crippen LogP contribution in [-0.2, 0) is 10.0 Å². The fraction of sp³-hybridized carbons (Fsp3) is 0.222. The van der Waals surface area contributed by atoms with Gasteiger partial charge < -0.3 is 0 Å². The Morgan fingerprint density at radius 2 is 2.06 bits per heavy atom. The third-order valence-corrected chi connectivity index (χ3v) is 3.27. The van der Waals surface area contributed by atoms with Crippen LogP contribution < -0.4 is 4.72 Å². The quantitative estimate of drug-likeness (QED) is 0.889. The fourth-order valence-corrected chi connectivity index (χ4v) is 2.26. The Bertz CT molecular complexity index is 552. The van der Waals surface area contributed by atoms with E-state index in [0.717, 1.165) is 18.2 Å². The third kappa shape index (κ3) is 3.18. The predicted octanol–water partition coefficient (Wildman–Crippen LogP) is 1.24. The fourth-order valence-electron chi connectivity index (χ4n) is 1.09. The number of nitrogens with one attached hydrogen (secondary N) is 1. The van der Waals surface area contributed by atoms with Gasteiger partial charge in [-0.15, -0.1) is 0 Å². The molecule has 1 aromatic rings. The molecule has 0 heterocycles. The highest BCUT2D eigenvalue weighted by Crippen LogP contribution is 2.17. The zero-order valence-electron chi connectivity index (χ0n) is 8.32. The number of alkyl halides is 2. The molecule has 0 saturated heterocycles. The number of hydrogen-bond donors (Lipinski definition) is 1. The van der Waals surface area contributed by atoms with Gasteiger partial charge in [-0.05, 0) is 12.1 Å². The first-order valence-electron chi connectivity index (χ1n) is 4.35. The molecule has 92 valence electrons. The molecule has 0 saturated carbocycles. The number of rotatable bonds is 4. The second kappa shape index (κ2) is 5.16. The van der Waals surface area contributed by atoms with E-state index in [4.69, 9.17) is 5.26 Å². The number of sulfonamides is 1. The van der Waals surface area contributed by atoms with Gasteiger partial charge >= 0.3 is 0 Å². The number of nitriles is 1. The smallest absolute Gasteiger partial charge is 0.209 e. The van der Waals surface area contributed by atoms with Gasteiger partial charge in [-0.3, -0.25) is 0 Å². The van der Waals surface area contributed by atoms with Gasteiger partial charge in [0.2, 0.25) is 10.0 Å². The zero-order chi connectivity index (χ0) is 13.1. The minimum atomic E-state index is -4.31. The van der Waals surface area contributed by atoms with Crippen molar-refractivity contribution >= 4 is 10.0 Å². The molecule has 0 bridgehead atoms. The van der Waals surface area contributed by atoms with Crippen molar-refractivity contribution in [2.45, 2.75) is 11.3 Å². The molecule has 1 aromatic carbocycles. The number of benzene rings is 1. The molecule has 0 aliphatic carbocycles. The number of halogens is 3. The highest BCUT2D eigenvalue weighted by atomic mass is 32.2. The summed E-state index contributed by atoms with van der Waals surface area (Å²) in [7, 11) is -4.31. The van der Waals surface area contributed by atoms with E-state index in [9.17, 15) is 21.6 Å². The largest absolute Gasteiger partial charge is 0.251 e. The highest BCUT2D eigenvalue weighted by Gasteiger charge is 2.21. The molecule has 0 spiro atoms. The van der Waals surface area contributed by atoms with Crippen molar-refractivity contribution in [2.75, 3.05) is 6.54 Å². The van der Waals surface area contributed by atoms with Crippen LogP contribution in [0.5, 0.6) is 0 Å². The van der Waals surface area contributed by atoms with Gasteiger partial charge in [0.15, 0.2) is 0 Å². The molecule has 0 aromatic heterocycles. The molecule has 0 atom stereocenters. The maximum atomic E-state index is 13.1. The van der Waals surface area contributed by atoms with Crippen molar-refractivity contribution in [3.63, 3.8) is 0 Å². The van der Waals surface area contributed by atoms with Crippen LogP contribution in [0.4, 0.5) is 13.2 Å². The molecule has 4 nitrogen and oxygen atoms in total. The van der Waals surface area contributed by atoms with E-state index in [1.165, 1.54) is 6.07 Å². The predicted molar refractivity (Wildman–Crippen MR) is 52.3 cm³/mol. The summed E-state index contributed by atoms with van der Waals surface area (Å²) in [6.45, 7) is -1.09. The molecule has 0 fully saturated rings. The van der Waals surface area contributed by atoms with E-state index < -0.39 is 39.3 Å². The Morgan fingerprint density at radius 3 is 2.59 bits per heavy atom. The average molecular weight is 264 g/mol. The summed E-state index contributed by atoms with van der Waals surface area (Å²) >= 11 is 0. The van der Waals surface area contributed by atoms with Crippen LogP contribution in [0.1, 0.15) is 5.56 Å². The highest BCUT2D eigenvalue weighted by molar-refractivity contribution is 7.89. The van der Waals surface area contributed by atoms with Gasteiger partial charge in [0, 0.05) is 0 Å². The maximum Gasteiger partial charge on any atom is 0.251 e. The molecule has 0 radical (unpaired) electrons. The average Bonchev–Trinajstić information content (AvgIpc) is 2.26. The van der Waals surface area contributed by atoms with E-state index in [-0.39, 0.29) is 0 Å². The molecule has 0 unspecified atom stereocenters. The Balaban J connectivity index is 3.17. The number of nitrogens with zero attached hydrogens (tertiary/aromatic N) is 1. The lowest BCUT2D eigenvalue weighted by molar-refractivity contribution is 0.153. The second-order valence-corrected chi connectivity index (χ2v) is 4.70. The van der Waals surface area contributed by atoms with Gasteiger partial charge in [0.25, 0.3) is 6.43 Å². The van der Waals surface area contributed by atoms with E-state index in [1.807, 2.05) is 0 Å². The summed E-state index contributed by atoms with van der Waals surface area (Å²) in [5.41, 5.74) is -0.700. The summed E-state index contributed by atoms with van der Waals surface area (Å²) in [5, 5.41) is 8.61. The van der Waals surface area contributed by atoms with Gasteiger partial charge in [-0.2, -0.15) is 5.26 Å². The molecule has 8 heteroatoms. The first kappa shape index (κ1) is 13.5. The van der Waals surface area contributed by atoms with Crippen LogP contribution in [0.2, 0.25) is 0 Å². The first-order valence-corrected chi connectivity index (χ1v) is 5.83. The molecular weight excluding hydrogens is 257 g/mol. The minimum absolute atomic E-state index is 0.652. The standard InChI is InChI=1S/C9H7F3N2O2S/c10-7-2-1-3-8(6(7)4-13)17(15,16)14-5-9(11)12/h1-3,9,14H,5H2. The summed E-state index contributed by atoms with van der Waals surface area (Å²) in [6.07, 6.45) is -2.87. The molecule has 0 amide bonds. The Labute approximate surface area is 95.7 Å². The molecule has 0 aliphatic heterocycles. The minimum Gasteiger partial charge on any atom is -0.209 e. The Hall–Kier alpha value is -1.59. The first-order chi connectivity index (χ1) is 7.88. The SMILES string of the molecule is N#Cc1c(F)cccc1S(=O)(=O)NCC(F)F. The van der Waals surface area contributed by atoms with E-state index in [1.54, 1.807) is 4.72 Å². The van der Waals surface area contributed by atoms with Crippen molar-refractivity contribution in [3.05, 3.63) is 29.6 Å². The molecule has 1 rings (SSSR count). The monoisotopic (exact) mass is 264 g/mol. The normalized spacial score (nSPS) is 11.5. The summed E-state index contributed by atoms with van der Waals surface area (Å²) < 4.78 is 61.5. The van der Waals surface area contributed by atoms with Crippen molar-refractivity contribution < 1.29 is 21.6 Å². The van der Waals surface area contributed by atoms with Crippen molar-refractivity contribution in [2.24, 2.45) is 0 Å². The molecule has 0 aliphatic rings. The lowest BCUT2D eigenvalue weighted by atomic mass is 10.2. The topological polar surface area (TPSA) is 70.0 Å². The number of hydrogen-bond acceptors (Lipinski definition) is 3. The Morgan fingerprint density at radius 1 is 1.41 bits per heavy atom. The van der Waals surface area contributed by atoms with Crippen molar-refractivity contribution in [1.29, 1.82) is 5.26 Å². The van der Waals surface area contributed by atoms with Crippen molar-refractivity contribution in [1.82, 2.24) is 4.72 Å². The van der Waals surface area contributed by atoms with Crippen LogP contribution in [0.15, 0.2) is 23.1 Å². The molecule has 1 N–H and O–H groups in total. The third-order valence-electron chi connectivity index (χ3n) is 1.80. The van der Waals surface area contributed by atoms with Gasteiger partial charge in [0.05, 0.1) is 6.54 Å². The van der Waals surface area contributed by atoms with Crippen LogP contribution in [0.25, 0.3) is 0 Å². The molecule has 17 heavy (non-hydrogen) atoms. The van der Waals surface area contributed by atoms with Crippen LogP contribution in [0.3, 0.4) is 0 Å². The summed E-state index contributed by atoms with van der Waals surface area (Å²) in [6, 6.07) is 4.33. The van der Waals surface area contributed by atoms with Crippen molar-refractivity contribution in [3.8, 4) is 6.07 Å². The summed E-state index contributed by atoms with van der Waals surface area (Å²) in [4.78, 5) is -0.652. The van der Waals surface area contributed by atoms with E-state index in [2.05, 4.69) is 0 Å². The maximum absolute atomic E-state index is 13.1. The Kier molecular flexibility index (Phi) is 4.09. The lowest BCUT2D eigenvalue weighted by Crippen LogP contribution is -2.29. The van der Waals surface area contributed by atoms with Gasteiger partial charge in [-0.25, -0.2) is 26.3 Å². The van der Waals surface area contributed by atoms with Crippen LogP contribution >= 0.6 is 0 Å². The van der Waals surface area contributed by atoms with Crippen LogP contribution in [-0.4, -0.2) is 21.4 Å². The second-order valence-electron chi connectivity index (χ2n) is 2.97.